The molecule has 180 valence electrons. The Hall–Kier alpha value is -1.67. The molecule has 2 atom stereocenters. The van der Waals surface area contributed by atoms with Gasteiger partial charge in [-0.25, -0.2) is 4.99 Å². The number of aliphatic imine (C=N–C) groups is 1. The predicted molar refractivity (Wildman–Crippen MR) is 131 cm³/mol. The molecule has 32 heavy (non-hydrogen) atoms. The predicted octanol–water partition coefficient (Wildman–Crippen LogP) is 2.06. The molecular weight excluding hydrogens is 402 g/mol. The van der Waals surface area contributed by atoms with Gasteiger partial charge in [0, 0.05) is 45.8 Å². The summed E-state index contributed by atoms with van der Waals surface area (Å²) in [6.45, 7) is 15.4. The lowest BCUT2D eigenvalue weighted by Crippen LogP contribution is -2.52. The minimum absolute atomic E-state index is 0.448. The lowest BCUT2D eigenvalue weighted by Gasteiger charge is -2.34. The van der Waals surface area contributed by atoms with E-state index in [4.69, 9.17) is 9.73 Å². The fourth-order valence-corrected chi connectivity index (χ4v) is 4.61. The number of likely N-dealkylation sites (tertiary alicyclic amines) is 1. The molecule has 0 amide bonds. The van der Waals surface area contributed by atoms with Crippen LogP contribution in [-0.2, 0) is 17.8 Å². The highest BCUT2D eigenvalue weighted by Gasteiger charge is 2.25. The minimum atomic E-state index is -0.837. The third-order valence-corrected chi connectivity index (χ3v) is 6.31. The Morgan fingerprint density at radius 3 is 2.62 bits per heavy atom. The first-order valence-corrected chi connectivity index (χ1v) is 12.3. The van der Waals surface area contributed by atoms with E-state index >= 15 is 0 Å². The molecule has 1 aromatic rings. The summed E-state index contributed by atoms with van der Waals surface area (Å²) in [4.78, 5) is 9.66. The highest BCUT2D eigenvalue weighted by molar-refractivity contribution is 5.79. The summed E-state index contributed by atoms with van der Waals surface area (Å²) in [6, 6.07) is 8.64. The van der Waals surface area contributed by atoms with Crippen LogP contribution in [-0.4, -0.2) is 85.5 Å². The smallest absolute Gasteiger partial charge is 0.191 e. The van der Waals surface area contributed by atoms with Crippen LogP contribution >= 0.6 is 0 Å². The molecule has 2 aliphatic heterocycles. The quantitative estimate of drug-likeness (QED) is 0.399. The zero-order valence-electron chi connectivity index (χ0n) is 20.3. The van der Waals surface area contributed by atoms with Gasteiger partial charge in [-0.05, 0) is 50.3 Å². The van der Waals surface area contributed by atoms with Crippen molar-refractivity contribution in [1.82, 2.24) is 20.4 Å². The molecule has 2 aliphatic rings. The van der Waals surface area contributed by atoms with Crippen LogP contribution < -0.4 is 10.6 Å². The van der Waals surface area contributed by atoms with Crippen LogP contribution in [0.15, 0.2) is 29.3 Å². The summed E-state index contributed by atoms with van der Waals surface area (Å²) in [5.41, 5.74) is 1.79. The lowest BCUT2D eigenvalue weighted by molar-refractivity contribution is -0.0201. The van der Waals surface area contributed by atoms with E-state index in [1.807, 2.05) is 6.92 Å². The largest absolute Gasteiger partial charge is 0.387 e. The Morgan fingerprint density at radius 1 is 1.16 bits per heavy atom. The Labute approximate surface area is 194 Å². The molecule has 1 aromatic carbocycles. The van der Waals surface area contributed by atoms with E-state index < -0.39 is 5.60 Å². The number of nitrogens with one attached hydrogen (secondary N) is 2. The van der Waals surface area contributed by atoms with E-state index in [0.29, 0.717) is 19.6 Å². The summed E-state index contributed by atoms with van der Waals surface area (Å²) in [6.07, 6.45) is 2.63. The monoisotopic (exact) mass is 445 g/mol. The van der Waals surface area contributed by atoms with Gasteiger partial charge in [0.05, 0.1) is 25.4 Å². The second kappa shape index (κ2) is 12.5. The third kappa shape index (κ3) is 8.35. The fraction of sp³-hybridized carbons (Fsp3) is 0.720. The minimum Gasteiger partial charge on any atom is -0.387 e. The van der Waals surface area contributed by atoms with Crippen molar-refractivity contribution in [1.29, 1.82) is 0 Å². The van der Waals surface area contributed by atoms with Gasteiger partial charge in [-0.1, -0.05) is 31.2 Å². The summed E-state index contributed by atoms with van der Waals surface area (Å²) in [5, 5.41) is 17.6. The Morgan fingerprint density at radius 2 is 1.91 bits per heavy atom. The summed E-state index contributed by atoms with van der Waals surface area (Å²) >= 11 is 0. The fourth-order valence-electron chi connectivity index (χ4n) is 4.61. The Balaban J connectivity index is 1.57. The molecule has 3 N–H and O–H groups in total. The van der Waals surface area contributed by atoms with Crippen LogP contribution in [0.3, 0.4) is 0 Å². The highest BCUT2D eigenvalue weighted by Crippen LogP contribution is 2.20. The highest BCUT2D eigenvalue weighted by atomic mass is 16.5. The number of nitrogens with zero attached hydrogens (tertiary/aromatic N) is 3. The Bertz CT molecular complexity index is 718. The number of hydrogen-bond acceptors (Lipinski definition) is 5. The number of ether oxygens (including phenoxy) is 1. The first-order valence-electron chi connectivity index (χ1n) is 12.3. The van der Waals surface area contributed by atoms with Gasteiger partial charge in [0.15, 0.2) is 5.96 Å². The van der Waals surface area contributed by atoms with Crippen LogP contribution in [0, 0.1) is 5.92 Å². The maximum Gasteiger partial charge on any atom is 0.191 e. The van der Waals surface area contributed by atoms with E-state index in [-0.39, 0.29) is 0 Å². The van der Waals surface area contributed by atoms with Crippen LogP contribution in [0.2, 0.25) is 0 Å². The number of β-amino-alcohol motifs (C(OH)–C–C–N with tert-alkyl or cyclic N) is 1. The molecule has 0 bridgehead atoms. The van der Waals surface area contributed by atoms with Gasteiger partial charge in [0.1, 0.15) is 0 Å². The van der Waals surface area contributed by atoms with Gasteiger partial charge in [-0.15, -0.1) is 0 Å². The normalized spacial score (nSPS) is 23.0. The molecular formula is C25H43N5O2. The van der Waals surface area contributed by atoms with Crippen molar-refractivity contribution >= 4 is 5.96 Å². The maximum atomic E-state index is 10.9. The van der Waals surface area contributed by atoms with Crippen molar-refractivity contribution in [2.45, 2.75) is 52.3 Å². The second-order valence-corrected chi connectivity index (χ2v) is 9.69. The first-order chi connectivity index (χ1) is 15.4. The van der Waals surface area contributed by atoms with Crippen molar-refractivity contribution < 1.29 is 9.84 Å². The van der Waals surface area contributed by atoms with Gasteiger partial charge >= 0.3 is 0 Å². The number of piperidine rings is 1. The van der Waals surface area contributed by atoms with Gasteiger partial charge in [-0.2, -0.15) is 0 Å². The number of morpholine rings is 1. The molecule has 2 heterocycles. The number of benzene rings is 1. The topological polar surface area (TPSA) is 72.4 Å². The van der Waals surface area contributed by atoms with Crippen molar-refractivity contribution in [3.05, 3.63) is 35.4 Å². The van der Waals surface area contributed by atoms with Crippen LogP contribution in [0.1, 0.15) is 44.7 Å². The van der Waals surface area contributed by atoms with Gasteiger partial charge in [0.25, 0.3) is 0 Å². The molecule has 0 radical (unpaired) electrons. The van der Waals surface area contributed by atoms with Gasteiger partial charge in [0.2, 0.25) is 0 Å². The summed E-state index contributed by atoms with van der Waals surface area (Å²) in [5.74, 6) is 1.53. The molecule has 7 nitrogen and oxygen atoms in total. The van der Waals surface area contributed by atoms with Crippen LogP contribution in [0.25, 0.3) is 0 Å². The van der Waals surface area contributed by atoms with Crippen molar-refractivity contribution in [3.8, 4) is 0 Å². The number of aliphatic hydroxyl groups is 1. The molecule has 2 fully saturated rings. The summed E-state index contributed by atoms with van der Waals surface area (Å²) in [7, 11) is 0. The van der Waals surface area contributed by atoms with E-state index in [0.717, 1.165) is 51.3 Å². The maximum absolute atomic E-state index is 10.9. The molecule has 7 heteroatoms. The molecule has 0 saturated carbocycles. The molecule has 0 spiro atoms. The second-order valence-electron chi connectivity index (χ2n) is 9.69. The van der Waals surface area contributed by atoms with Crippen molar-refractivity contribution in [3.63, 3.8) is 0 Å². The molecule has 0 aliphatic carbocycles. The zero-order chi connectivity index (χ0) is 22.8. The first kappa shape index (κ1) is 25.0. The average Bonchev–Trinajstić information content (AvgIpc) is 2.77. The third-order valence-electron chi connectivity index (χ3n) is 6.31. The van der Waals surface area contributed by atoms with E-state index in [9.17, 15) is 5.11 Å². The lowest BCUT2D eigenvalue weighted by atomic mass is 9.99. The zero-order valence-corrected chi connectivity index (χ0v) is 20.3. The Kier molecular flexibility index (Phi) is 9.78. The number of guanidine groups is 1. The van der Waals surface area contributed by atoms with E-state index in [1.165, 1.54) is 37.1 Å². The summed E-state index contributed by atoms with van der Waals surface area (Å²) < 4.78 is 5.41. The van der Waals surface area contributed by atoms with E-state index in [2.05, 4.69) is 58.5 Å². The standard InChI is InChI=1S/C25H43N5O2/c1-4-26-24(28-19-25(3,31)20-29-12-14-32-15-13-29)27-16-22-9-5-6-10-23(22)18-30-11-7-8-21(2)17-30/h5-6,9-10,21,31H,4,7-8,11-20H2,1-3H3,(H2,26,27,28). The number of rotatable bonds is 9. The van der Waals surface area contributed by atoms with E-state index in [1.54, 1.807) is 0 Å². The van der Waals surface area contributed by atoms with Crippen molar-refractivity contribution in [2.75, 3.05) is 59.0 Å². The van der Waals surface area contributed by atoms with Crippen molar-refractivity contribution in [2.24, 2.45) is 10.9 Å². The van der Waals surface area contributed by atoms with Gasteiger partial charge in [-0.3, -0.25) is 9.80 Å². The average molecular weight is 446 g/mol. The molecule has 2 unspecified atom stereocenters. The van der Waals surface area contributed by atoms with Gasteiger partial charge < -0.3 is 20.5 Å². The SMILES string of the molecule is CCNC(=NCc1ccccc1CN1CCCC(C)C1)NCC(C)(O)CN1CCOCC1. The molecule has 3 rings (SSSR count). The van der Waals surface area contributed by atoms with Crippen LogP contribution in [0.5, 0.6) is 0 Å². The number of hydrogen-bond donors (Lipinski definition) is 3. The van der Waals surface area contributed by atoms with Crippen LogP contribution in [0.4, 0.5) is 0 Å². The molecule has 2 saturated heterocycles. The molecule has 0 aromatic heterocycles.